The van der Waals surface area contributed by atoms with Gasteiger partial charge in [0.25, 0.3) is 0 Å². The van der Waals surface area contributed by atoms with E-state index in [4.69, 9.17) is 9.47 Å². The molecule has 0 fully saturated rings. The van der Waals surface area contributed by atoms with Crippen LogP contribution in [-0.2, 0) is 11.2 Å². The van der Waals surface area contributed by atoms with E-state index in [0.29, 0.717) is 35.3 Å². The lowest BCUT2D eigenvalue weighted by atomic mass is 10.1. The first-order valence-electron chi connectivity index (χ1n) is 13.7. The first kappa shape index (κ1) is 29.4. The largest absolute Gasteiger partial charge is 0.487 e. The summed E-state index contributed by atoms with van der Waals surface area (Å²) in [4.78, 5) is 26.4. The van der Waals surface area contributed by atoms with E-state index in [1.807, 2.05) is 63.3 Å². The Morgan fingerprint density at radius 3 is 2.73 bits per heavy atom. The molecule has 2 aromatic carbocycles. The first-order valence-corrected chi connectivity index (χ1v) is 15.3. The standard InChI is InChI=1S/C31H28FN7O3S2/c1-18-14-26(36-37-28(18)35-30-33-22-9-5-6-10-24(22)43-30)39(4)31-34-27-25(44-31)16-20(42-29(27)40)17-41-23-12-11-19(15-21(23)32)8-7-13-38(2)3/h5-6,9-12,14-15,20H,13,16-17H2,1-4H3,(H,33,35,37). The Morgan fingerprint density at radius 1 is 1.11 bits per heavy atom. The fourth-order valence-corrected chi connectivity index (χ4v) is 6.34. The number of hydrogen-bond donors (Lipinski definition) is 1. The predicted octanol–water partition coefficient (Wildman–Crippen LogP) is 5.58. The summed E-state index contributed by atoms with van der Waals surface area (Å²) in [6.07, 6.45) is -0.180. The van der Waals surface area contributed by atoms with Crippen LogP contribution in [0.4, 0.5) is 26.3 Å². The second kappa shape index (κ2) is 12.5. The van der Waals surface area contributed by atoms with Crippen LogP contribution in [0, 0.1) is 24.6 Å². The number of aromatic nitrogens is 4. The highest BCUT2D eigenvalue weighted by atomic mass is 32.1. The van der Waals surface area contributed by atoms with Crippen molar-refractivity contribution in [2.75, 3.05) is 44.5 Å². The molecule has 0 bridgehead atoms. The molecule has 6 rings (SSSR count). The minimum atomic E-state index is -0.581. The monoisotopic (exact) mass is 629 g/mol. The van der Waals surface area contributed by atoms with Crippen LogP contribution in [0.15, 0.2) is 48.5 Å². The molecule has 0 amide bonds. The second-order valence-corrected chi connectivity index (χ2v) is 12.5. The summed E-state index contributed by atoms with van der Waals surface area (Å²) in [5, 5.41) is 13.3. The maximum absolute atomic E-state index is 14.6. The zero-order chi connectivity index (χ0) is 30.8. The third-order valence-electron chi connectivity index (χ3n) is 6.67. The number of hydrogen-bond acceptors (Lipinski definition) is 12. The highest BCUT2D eigenvalue weighted by Gasteiger charge is 2.32. The molecule has 44 heavy (non-hydrogen) atoms. The number of anilines is 4. The Labute approximate surface area is 261 Å². The van der Waals surface area contributed by atoms with Crippen molar-refractivity contribution in [2.45, 2.75) is 19.4 Å². The molecule has 3 aromatic heterocycles. The third kappa shape index (κ3) is 6.47. The Bertz CT molecular complexity index is 1880. The number of esters is 1. The Morgan fingerprint density at radius 2 is 1.95 bits per heavy atom. The van der Waals surface area contributed by atoms with E-state index in [1.165, 1.54) is 23.5 Å². The van der Waals surface area contributed by atoms with E-state index in [1.54, 1.807) is 22.3 Å². The zero-order valence-corrected chi connectivity index (χ0v) is 26.1. The van der Waals surface area contributed by atoms with Crippen molar-refractivity contribution >= 4 is 60.8 Å². The maximum Gasteiger partial charge on any atom is 0.358 e. The Balaban J connectivity index is 1.10. The van der Waals surface area contributed by atoms with Gasteiger partial charge in [-0.1, -0.05) is 35.3 Å². The van der Waals surface area contributed by atoms with Crippen molar-refractivity contribution in [1.82, 2.24) is 25.1 Å². The number of para-hydroxylation sites is 1. The van der Waals surface area contributed by atoms with Gasteiger partial charge in [-0.15, -0.1) is 21.5 Å². The number of nitrogens with zero attached hydrogens (tertiary/aromatic N) is 6. The molecule has 0 aliphatic carbocycles. The van der Waals surface area contributed by atoms with Gasteiger partial charge in [-0.25, -0.2) is 19.2 Å². The lowest BCUT2D eigenvalue weighted by Crippen LogP contribution is -2.32. The van der Waals surface area contributed by atoms with Crippen molar-refractivity contribution in [3.05, 3.63) is 76.0 Å². The zero-order valence-electron chi connectivity index (χ0n) is 24.4. The predicted molar refractivity (Wildman–Crippen MR) is 170 cm³/mol. The number of carbonyl (C=O) groups excluding carboxylic acids is 1. The molecule has 0 spiro atoms. The molecule has 1 N–H and O–H groups in total. The molecule has 10 nitrogen and oxygen atoms in total. The number of nitrogens with one attached hydrogen (secondary N) is 1. The van der Waals surface area contributed by atoms with Crippen molar-refractivity contribution in [3.63, 3.8) is 0 Å². The SMILES string of the molecule is Cc1cc(N(C)c2nc3c(s2)CC(COc2ccc(C#CCN(C)C)cc2F)OC3=O)nnc1Nc1nc2ccccc2s1. The average molecular weight is 630 g/mol. The fraction of sp³-hybridized carbons (Fsp3) is 0.258. The van der Waals surface area contributed by atoms with Crippen LogP contribution in [0.5, 0.6) is 5.75 Å². The highest BCUT2D eigenvalue weighted by molar-refractivity contribution is 7.22. The number of benzene rings is 2. The number of rotatable bonds is 8. The summed E-state index contributed by atoms with van der Waals surface area (Å²) in [7, 11) is 5.65. The first-order chi connectivity index (χ1) is 21.2. The van der Waals surface area contributed by atoms with E-state index in [2.05, 4.69) is 37.3 Å². The van der Waals surface area contributed by atoms with Crippen LogP contribution in [-0.4, -0.2) is 71.4 Å². The molecule has 1 atom stereocenters. The highest BCUT2D eigenvalue weighted by Crippen LogP contribution is 2.35. The molecule has 1 aliphatic rings. The molecule has 0 radical (unpaired) electrons. The van der Waals surface area contributed by atoms with Gasteiger partial charge in [-0.05, 0) is 63.0 Å². The van der Waals surface area contributed by atoms with Gasteiger partial charge in [-0.2, -0.15) is 0 Å². The third-order valence-corrected chi connectivity index (χ3v) is 8.78. The minimum Gasteiger partial charge on any atom is -0.487 e. The van der Waals surface area contributed by atoms with E-state index in [0.717, 1.165) is 25.8 Å². The molecule has 0 saturated carbocycles. The summed E-state index contributed by atoms with van der Waals surface area (Å²) in [5.41, 5.74) is 2.62. The number of carbonyl (C=O) groups is 1. The summed E-state index contributed by atoms with van der Waals surface area (Å²) in [5.74, 6) is 6.09. The van der Waals surface area contributed by atoms with Crippen molar-refractivity contribution < 1.29 is 18.7 Å². The maximum atomic E-state index is 14.6. The molecule has 1 unspecified atom stereocenters. The lowest BCUT2D eigenvalue weighted by Gasteiger charge is -2.21. The lowest BCUT2D eigenvalue weighted by molar-refractivity contribution is 0.0123. The average Bonchev–Trinajstić information content (AvgIpc) is 3.61. The van der Waals surface area contributed by atoms with Crippen LogP contribution in [0.3, 0.4) is 0 Å². The van der Waals surface area contributed by atoms with Gasteiger partial charge >= 0.3 is 5.97 Å². The van der Waals surface area contributed by atoms with Gasteiger partial charge in [0.05, 0.1) is 16.8 Å². The van der Waals surface area contributed by atoms with E-state index >= 15 is 0 Å². The summed E-state index contributed by atoms with van der Waals surface area (Å²) in [6.45, 7) is 2.52. The van der Waals surface area contributed by atoms with Crippen LogP contribution in [0.2, 0.25) is 0 Å². The topological polar surface area (TPSA) is 106 Å². The van der Waals surface area contributed by atoms with Gasteiger partial charge in [-0.3, -0.25) is 4.90 Å². The fourth-order valence-electron chi connectivity index (χ4n) is 4.39. The number of fused-ring (bicyclic) bond motifs is 2. The minimum absolute atomic E-state index is 0.00458. The second-order valence-electron chi connectivity index (χ2n) is 10.4. The molecular formula is C31H28FN7O3S2. The van der Waals surface area contributed by atoms with Gasteiger partial charge in [0.2, 0.25) is 0 Å². The van der Waals surface area contributed by atoms with E-state index in [9.17, 15) is 9.18 Å². The number of thiazole rings is 2. The van der Waals surface area contributed by atoms with Gasteiger partial charge in [0.15, 0.2) is 39.2 Å². The molecule has 5 aromatic rings. The molecule has 13 heteroatoms. The van der Waals surface area contributed by atoms with Crippen LogP contribution >= 0.6 is 22.7 Å². The normalized spacial score (nSPS) is 14.1. The number of ether oxygens (including phenoxy) is 2. The Hall–Kier alpha value is -4.64. The molecule has 0 saturated heterocycles. The Kier molecular flexibility index (Phi) is 8.38. The summed E-state index contributed by atoms with van der Waals surface area (Å²) in [6, 6.07) is 14.4. The quantitative estimate of drug-likeness (QED) is 0.173. The molecule has 224 valence electrons. The number of cyclic esters (lactones) is 1. The van der Waals surface area contributed by atoms with Crippen LogP contribution < -0.4 is 15.0 Å². The van der Waals surface area contributed by atoms with E-state index in [-0.39, 0.29) is 18.1 Å². The van der Waals surface area contributed by atoms with Crippen LogP contribution in [0.25, 0.3) is 10.2 Å². The number of aryl methyl sites for hydroxylation is 1. The number of halogens is 1. The summed E-state index contributed by atoms with van der Waals surface area (Å²) < 4.78 is 26.9. The van der Waals surface area contributed by atoms with Gasteiger partial charge in [0.1, 0.15) is 12.7 Å². The molecule has 1 aliphatic heterocycles. The molecule has 4 heterocycles. The van der Waals surface area contributed by atoms with Crippen molar-refractivity contribution in [1.29, 1.82) is 0 Å². The van der Waals surface area contributed by atoms with Crippen molar-refractivity contribution in [3.8, 4) is 17.6 Å². The summed E-state index contributed by atoms with van der Waals surface area (Å²) >= 11 is 2.92. The van der Waals surface area contributed by atoms with E-state index < -0.39 is 17.9 Å². The smallest absolute Gasteiger partial charge is 0.358 e. The van der Waals surface area contributed by atoms with Crippen molar-refractivity contribution in [2.24, 2.45) is 0 Å². The molecular weight excluding hydrogens is 602 g/mol. The van der Waals surface area contributed by atoms with Gasteiger partial charge < -0.3 is 19.7 Å². The van der Waals surface area contributed by atoms with Crippen LogP contribution in [0.1, 0.15) is 26.5 Å². The van der Waals surface area contributed by atoms with Gasteiger partial charge in [0, 0.05) is 23.9 Å².